The average Bonchev–Trinajstić information content (AvgIpc) is 3.13. The number of carbonyl (C=O) groups excluding carboxylic acids is 1. The third-order valence-corrected chi connectivity index (χ3v) is 4.83. The number of thiocarbonyl (C=S) groups is 1. The maximum Gasteiger partial charge on any atom is 0.266 e. The largest absolute Gasteiger partial charge is 0.467 e. The van der Waals surface area contributed by atoms with Crippen LogP contribution in [0.3, 0.4) is 0 Å². The maximum absolute atomic E-state index is 12.5. The van der Waals surface area contributed by atoms with E-state index in [0.29, 0.717) is 15.8 Å². The number of thioether (sulfide) groups is 1. The van der Waals surface area contributed by atoms with E-state index in [2.05, 4.69) is 19.1 Å². The molecule has 2 heterocycles. The van der Waals surface area contributed by atoms with E-state index in [1.807, 2.05) is 24.3 Å². The Morgan fingerprint density at radius 1 is 1.27 bits per heavy atom. The highest BCUT2D eigenvalue weighted by molar-refractivity contribution is 8.26. The molecule has 0 N–H and O–H groups in total. The van der Waals surface area contributed by atoms with E-state index in [-0.39, 0.29) is 5.91 Å². The lowest BCUT2D eigenvalue weighted by molar-refractivity contribution is -0.122. The van der Waals surface area contributed by atoms with Gasteiger partial charge in [-0.15, -0.1) is 0 Å². The Bertz CT molecular complexity index is 718. The third kappa shape index (κ3) is 3.15. The molecule has 1 saturated heterocycles. The first-order valence-electron chi connectivity index (χ1n) is 7.04. The molecule has 1 fully saturated rings. The summed E-state index contributed by atoms with van der Waals surface area (Å²) in [6, 6.07) is 11.9. The Labute approximate surface area is 139 Å². The van der Waals surface area contributed by atoms with Gasteiger partial charge in [0.1, 0.15) is 10.1 Å². The second-order valence-electron chi connectivity index (χ2n) is 4.94. The minimum absolute atomic E-state index is 0.0639. The molecule has 0 saturated carbocycles. The van der Waals surface area contributed by atoms with Gasteiger partial charge in [0.15, 0.2) is 0 Å². The fourth-order valence-electron chi connectivity index (χ4n) is 2.20. The molecule has 0 atom stereocenters. The summed E-state index contributed by atoms with van der Waals surface area (Å²) in [6.07, 6.45) is 4.49. The second kappa shape index (κ2) is 6.50. The van der Waals surface area contributed by atoms with Gasteiger partial charge in [-0.05, 0) is 35.8 Å². The number of nitrogens with zero attached hydrogens (tertiary/aromatic N) is 1. The molecule has 5 heteroatoms. The van der Waals surface area contributed by atoms with E-state index in [0.717, 1.165) is 17.7 Å². The molecule has 2 aromatic rings. The molecule has 1 amide bonds. The number of rotatable bonds is 4. The Hall–Kier alpha value is -1.85. The van der Waals surface area contributed by atoms with Crippen LogP contribution in [0.5, 0.6) is 0 Å². The summed E-state index contributed by atoms with van der Waals surface area (Å²) in [6.45, 7) is 2.50. The molecule has 0 spiro atoms. The van der Waals surface area contributed by atoms with Gasteiger partial charge >= 0.3 is 0 Å². The monoisotopic (exact) mass is 329 g/mol. The van der Waals surface area contributed by atoms with Crippen LogP contribution in [0.25, 0.3) is 6.08 Å². The molecule has 0 radical (unpaired) electrons. The van der Waals surface area contributed by atoms with E-state index >= 15 is 0 Å². The first kappa shape index (κ1) is 15.1. The lowest BCUT2D eigenvalue weighted by Gasteiger charge is -2.11. The van der Waals surface area contributed by atoms with Crippen LogP contribution in [-0.2, 0) is 17.8 Å². The lowest BCUT2D eigenvalue weighted by atomic mass is 10.1. The van der Waals surface area contributed by atoms with Crippen molar-refractivity contribution in [3.05, 3.63) is 64.5 Å². The molecule has 0 aliphatic carbocycles. The maximum atomic E-state index is 12.5. The molecular formula is C17H15NO2S2. The molecule has 1 aliphatic heterocycles. The summed E-state index contributed by atoms with van der Waals surface area (Å²) in [7, 11) is 0. The molecule has 112 valence electrons. The van der Waals surface area contributed by atoms with Crippen LogP contribution in [0.2, 0.25) is 0 Å². The average molecular weight is 329 g/mol. The fraction of sp³-hybridized carbons (Fsp3) is 0.176. The SMILES string of the molecule is CCc1ccc(C=C2SC(=S)N(Cc3ccco3)C2=O)cc1. The second-order valence-corrected chi connectivity index (χ2v) is 6.62. The summed E-state index contributed by atoms with van der Waals surface area (Å²) < 4.78 is 5.86. The number of carbonyl (C=O) groups is 1. The van der Waals surface area contributed by atoms with Crippen molar-refractivity contribution in [2.75, 3.05) is 0 Å². The smallest absolute Gasteiger partial charge is 0.266 e. The van der Waals surface area contributed by atoms with Crippen LogP contribution in [-0.4, -0.2) is 15.1 Å². The minimum Gasteiger partial charge on any atom is -0.467 e. The molecule has 1 aromatic carbocycles. The zero-order valence-electron chi connectivity index (χ0n) is 12.1. The molecule has 0 bridgehead atoms. The summed E-state index contributed by atoms with van der Waals surface area (Å²) in [5, 5.41) is 0. The van der Waals surface area contributed by atoms with Gasteiger partial charge in [0.05, 0.1) is 17.7 Å². The molecule has 1 aromatic heterocycles. The lowest BCUT2D eigenvalue weighted by Crippen LogP contribution is -2.27. The van der Waals surface area contributed by atoms with Crippen LogP contribution in [0.15, 0.2) is 52.0 Å². The van der Waals surface area contributed by atoms with Crippen LogP contribution in [0, 0.1) is 0 Å². The van der Waals surface area contributed by atoms with Crippen LogP contribution in [0.1, 0.15) is 23.8 Å². The van der Waals surface area contributed by atoms with Crippen molar-refractivity contribution in [3.63, 3.8) is 0 Å². The molecule has 22 heavy (non-hydrogen) atoms. The fourth-order valence-corrected chi connectivity index (χ4v) is 3.45. The number of aryl methyl sites for hydroxylation is 1. The van der Waals surface area contributed by atoms with Gasteiger partial charge < -0.3 is 4.42 Å². The predicted molar refractivity (Wildman–Crippen MR) is 93.2 cm³/mol. The normalized spacial score (nSPS) is 16.8. The van der Waals surface area contributed by atoms with E-state index in [1.54, 1.807) is 17.2 Å². The zero-order chi connectivity index (χ0) is 15.5. The number of benzene rings is 1. The first-order valence-corrected chi connectivity index (χ1v) is 8.26. The van der Waals surface area contributed by atoms with Gasteiger partial charge in [-0.25, -0.2) is 0 Å². The highest BCUT2D eigenvalue weighted by Gasteiger charge is 2.32. The molecule has 1 aliphatic rings. The van der Waals surface area contributed by atoms with Crippen molar-refractivity contribution in [2.45, 2.75) is 19.9 Å². The van der Waals surface area contributed by atoms with Crippen molar-refractivity contribution >= 4 is 40.3 Å². The van der Waals surface area contributed by atoms with E-state index < -0.39 is 0 Å². The summed E-state index contributed by atoms with van der Waals surface area (Å²) in [5.41, 5.74) is 2.29. The summed E-state index contributed by atoms with van der Waals surface area (Å²) >= 11 is 6.64. The van der Waals surface area contributed by atoms with Crippen molar-refractivity contribution in [3.8, 4) is 0 Å². The van der Waals surface area contributed by atoms with Crippen molar-refractivity contribution in [1.29, 1.82) is 0 Å². The summed E-state index contributed by atoms with van der Waals surface area (Å²) in [4.78, 5) is 14.7. The van der Waals surface area contributed by atoms with Gasteiger partial charge in [-0.2, -0.15) is 0 Å². The highest BCUT2D eigenvalue weighted by atomic mass is 32.2. The topological polar surface area (TPSA) is 33.5 Å². The van der Waals surface area contributed by atoms with Gasteiger partial charge in [0.2, 0.25) is 0 Å². The Morgan fingerprint density at radius 2 is 2.05 bits per heavy atom. The Balaban J connectivity index is 1.78. The standard InChI is InChI=1S/C17H15NO2S2/c1-2-12-5-7-13(8-6-12)10-15-16(19)18(17(21)22-15)11-14-4-3-9-20-14/h3-10H,2,11H2,1H3. The Kier molecular flexibility index (Phi) is 4.45. The highest BCUT2D eigenvalue weighted by Crippen LogP contribution is 2.33. The molecule has 3 nitrogen and oxygen atoms in total. The van der Waals surface area contributed by atoms with Crippen LogP contribution < -0.4 is 0 Å². The van der Waals surface area contributed by atoms with Crippen molar-refractivity contribution < 1.29 is 9.21 Å². The molecule has 3 rings (SSSR count). The minimum atomic E-state index is -0.0639. The van der Waals surface area contributed by atoms with Gasteiger partial charge in [0, 0.05) is 0 Å². The quantitative estimate of drug-likeness (QED) is 0.620. The van der Waals surface area contributed by atoms with Gasteiger partial charge in [-0.1, -0.05) is 55.2 Å². The molecule has 0 unspecified atom stereocenters. The predicted octanol–water partition coefficient (Wildman–Crippen LogP) is 4.24. The van der Waals surface area contributed by atoms with E-state index in [9.17, 15) is 4.79 Å². The molecular weight excluding hydrogens is 314 g/mol. The number of amides is 1. The first-order chi connectivity index (χ1) is 10.7. The third-order valence-electron chi connectivity index (χ3n) is 3.45. The number of hydrogen-bond donors (Lipinski definition) is 0. The number of hydrogen-bond acceptors (Lipinski definition) is 4. The Morgan fingerprint density at radius 3 is 2.68 bits per heavy atom. The van der Waals surface area contributed by atoms with Crippen LogP contribution in [0.4, 0.5) is 0 Å². The zero-order valence-corrected chi connectivity index (χ0v) is 13.7. The number of furan rings is 1. The van der Waals surface area contributed by atoms with Gasteiger partial charge in [0.25, 0.3) is 5.91 Å². The summed E-state index contributed by atoms with van der Waals surface area (Å²) in [5.74, 6) is 0.663. The van der Waals surface area contributed by atoms with Crippen molar-refractivity contribution in [2.24, 2.45) is 0 Å². The van der Waals surface area contributed by atoms with E-state index in [1.165, 1.54) is 17.3 Å². The van der Waals surface area contributed by atoms with E-state index in [4.69, 9.17) is 16.6 Å². The van der Waals surface area contributed by atoms with Crippen molar-refractivity contribution in [1.82, 2.24) is 4.90 Å². The van der Waals surface area contributed by atoms with Gasteiger partial charge in [-0.3, -0.25) is 9.69 Å². The van der Waals surface area contributed by atoms with Crippen LogP contribution >= 0.6 is 24.0 Å².